The summed E-state index contributed by atoms with van der Waals surface area (Å²) in [4.78, 5) is 6.99. The van der Waals surface area contributed by atoms with Crippen LogP contribution in [-0.2, 0) is 6.54 Å². The number of rotatable bonds is 7. The molecule has 0 aromatic heterocycles. The van der Waals surface area contributed by atoms with Gasteiger partial charge in [-0.3, -0.25) is 4.90 Å². The van der Waals surface area contributed by atoms with Gasteiger partial charge in [-0.05, 0) is 51.4 Å². The third kappa shape index (κ3) is 5.30. The van der Waals surface area contributed by atoms with Gasteiger partial charge in [0, 0.05) is 25.2 Å². The number of benzene rings is 1. The van der Waals surface area contributed by atoms with E-state index in [-0.39, 0.29) is 5.82 Å². The minimum Gasteiger partial charge on any atom is -0.357 e. The summed E-state index contributed by atoms with van der Waals surface area (Å²) in [5.74, 6) is 0.595. The van der Waals surface area contributed by atoms with Crippen molar-refractivity contribution in [3.8, 4) is 0 Å². The second kappa shape index (κ2) is 8.13. The Hall–Kier alpha value is -1.62. The molecule has 0 saturated heterocycles. The average Bonchev–Trinajstić information content (AvgIpc) is 3.35. The van der Waals surface area contributed by atoms with E-state index in [1.807, 2.05) is 0 Å². The van der Waals surface area contributed by atoms with Gasteiger partial charge >= 0.3 is 0 Å². The largest absolute Gasteiger partial charge is 0.357 e. The Kier molecular flexibility index (Phi) is 6.19. The highest BCUT2D eigenvalue weighted by Gasteiger charge is 2.28. The molecule has 0 amide bonds. The van der Waals surface area contributed by atoms with Gasteiger partial charge in [0.2, 0.25) is 0 Å². The highest BCUT2D eigenvalue weighted by atomic mass is 19.1. The Bertz CT molecular complexity index is 482. The van der Waals surface area contributed by atoms with Crippen molar-refractivity contribution in [1.29, 1.82) is 0 Å². The first-order valence-electron chi connectivity index (χ1n) is 8.08. The third-order valence-corrected chi connectivity index (χ3v) is 4.06. The molecule has 1 fully saturated rings. The lowest BCUT2D eigenvalue weighted by Crippen LogP contribution is -2.45. The molecule has 1 saturated carbocycles. The van der Waals surface area contributed by atoms with E-state index in [2.05, 4.69) is 41.4 Å². The second-order valence-corrected chi connectivity index (χ2v) is 5.95. The van der Waals surface area contributed by atoms with Gasteiger partial charge in [-0.25, -0.2) is 9.38 Å². The molecule has 0 aliphatic heterocycles. The fourth-order valence-electron chi connectivity index (χ4n) is 2.33. The van der Waals surface area contributed by atoms with E-state index in [9.17, 15) is 4.39 Å². The van der Waals surface area contributed by atoms with Gasteiger partial charge < -0.3 is 10.6 Å². The monoisotopic (exact) mass is 306 g/mol. The maximum absolute atomic E-state index is 12.9. The van der Waals surface area contributed by atoms with Crippen molar-refractivity contribution < 1.29 is 4.39 Å². The normalized spacial score (nSPS) is 16.7. The quantitative estimate of drug-likeness (QED) is 0.600. The van der Waals surface area contributed by atoms with Crippen LogP contribution in [0.5, 0.6) is 0 Å². The molecular formula is C17H27FN4. The second-order valence-electron chi connectivity index (χ2n) is 5.95. The summed E-state index contributed by atoms with van der Waals surface area (Å²) >= 11 is 0. The molecular weight excluding hydrogens is 279 g/mol. The molecule has 1 aromatic carbocycles. The van der Waals surface area contributed by atoms with Crippen LogP contribution < -0.4 is 10.6 Å². The summed E-state index contributed by atoms with van der Waals surface area (Å²) in [6.45, 7) is 6.51. The summed E-state index contributed by atoms with van der Waals surface area (Å²) < 4.78 is 12.9. The summed E-state index contributed by atoms with van der Waals surface area (Å²) in [5, 5.41) is 6.64. The van der Waals surface area contributed by atoms with Gasteiger partial charge in [0.1, 0.15) is 5.82 Å². The molecule has 0 heterocycles. The van der Waals surface area contributed by atoms with Gasteiger partial charge in [-0.15, -0.1) is 0 Å². The van der Waals surface area contributed by atoms with Crippen molar-refractivity contribution in [3.05, 3.63) is 35.6 Å². The molecule has 1 aliphatic rings. The molecule has 122 valence electrons. The average molecular weight is 306 g/mol. The van der Waals surface area contributed by atoms with Gasteiger partial charge in [0.05, 0.1) is 6.54 Å². The van der Waals surface area contributed by atoms with Crippen molar-refractivity contribution in [3.63, 3.8) is 0 Å². The van der Waals surface area contributed by atoms with Crippen molar-refractivity contribution in [1.82, 2.24) is 15.5 Å². The lowest BCUT2D eigenvalue weighted by atomic mass is 10.2. The first-order valence-corrected chi connectivity index (χ1v) is 8.08. The smallest absolute Gasteiger partial charge is 0.191 e. The van der Waals surface area contributed by atoms with Gasteiger partial charge in [0.25, 0.3) is 0 Å². The zero-order valence-corrected chi connectivity index (χ0v) is 13.8. The third-order valence-electron chi connectivity index (χ3n) is 4.06. The van der Waals surface area contributed by atoms with E-state index in [1.165, 1.54) is 25.0 Å². The number of nitrogens with zero attached hydrogens (tertiary/aromatic N) is 2. The molecule has 0 bridgehead atoms. The Morgan fingerprint density at radius 2 is 2.00 bits per heavy atom. The Morgan fingerprint density at radius 1 is 1.32 bits per heavy atom. The van der Waals surface area contributed by atoms with Crippen LogP contribution in [0.3, 0.4) is 0 Å². The van der Waals surface area contributed by atoms with E-state index in [0.29, 0.717) is 12.6 Å². The Balaban J connectivity index is 1.84. The number of hydrogen-bond acceptors (Lipinski definition) is 2. The lowest BCUT2D eigenvalue weighted by Gasteiger charge is -2.25. The molecule has 2 rings (SSSR count). The summed E-state index contributed by atoms with van der Waals surface area (Å²) in [6.07, 6.45) is 2.64. The van der Waals surface area contributed by atoms with Crippen LogP contribution in [0, 0.1) is 5.82 Å². The zero-order valence-electron chi connectivity index (χ0n) is 13.8. The van der Waals surface area contributed by atoms with Gasteiger partial charge in [-0.2, -0.15) is 0 Å². The molecule has 2 N–H and O–H groups in total. The standard InChI is InChI=1S/C17H27FN4/c1-4-19-17(20-11-13(2)22(3)16-9-10-16)21-12-14-5-7-15(18)8-6-14/h5-8,13,16H,4,9-12H2,1-3H3,(H2,19,20,21). The molecule has 0 spiro atoms. The molecule has 4 nitrogen and oxygen atoms in total. The van der Waals surface area contributed by atoms with Crippen LogP contribution in [0.2, 0.25) is 0 Å². The Morgan fingerprint density at radius 3 is 2.59 bits per heavy atom. The van der Waals surface area contributed by atoms with Gasteiger partial charge in [-0.1, -0.05) is 12.1 Å². The first-order chi connectivity index (χ1) is 10.6. The fraction of sp³-hybridized carbons (Fsp3) is 0.588. The molecule has 1 unspecified atom stereocenters. The van der Waals surface area contributed by atoms with Crippen molar-refractivity contribution in [2.24, 2.45) is 4.99 Å². The number of halogens is 1. The predicted octanol–water partition coefficient (Wildman–Crippen LogP) is 2.36. The molecule has 0 radical (unpaired) electrons. The molecule has 5 heteroatoms. The molecule has 1 aromatic rings. The zero-order chi connectivity index (χ0) is 15.9. The van der Waals surface area contributed by atoms with E-state index >= 15 is 0 Å². The van der Waals surface area contributed by atoms with E-state index in [1.54, 1.807) is 12.1 Å². The van der Waals surface area contributed by atoms with E-state index < -0.39 is 0 Å². The van der Waals surface area contributed by atoms with Crippen LogP contribution in [0.25, 0.3) is 0 Å². The minimum atomic E-state index is -0.213. The number of aliphatic imine (C=N–C) groups is 1. The van der Waals surface area contributed by atoms with Crippen molar-refractivity contribution in [2.75, 3.05) is 20.1 Å². The lowest BCUT2D eigenvalue weighted by molar-refractivity contribution is 0.247. The van der Waals surface area contributed by atoms with Gasteiger partial charge in [0.15, 0.2) is 5.96 Å². The highest BCUT2D eigenvalue weighted by molar-refractivity contribution is 5.79. The number of hydrogen-bond donors (Lipinski definition) is 2. The summed E-state index contributed by atoms with van der Waals surface area (Å²) in [7, 11) is 2.19. The van der Waals surface area contributed by atoms with E-state index in [4.69, 9.17) is 0 Å². The van der Waals surface area contributed by atoms with Crippen LogP contribution in [-0.4, -0.2) is 43.1 Å². The first kappa shape index (κ1) is 16.7. The van der Waals surface area contributed by atoms with Crippen molar-refractivity contribution >= 4 is 5.96 Å². The molecule has 1 atom stereocenters. The predicted molar refractivity (Wildman–Crippen MR) is 89.5 cm³/mol. The molecule has 22 heavy (non-hydrogen) atoms. The molecule has 1 aliphatic carbocycles. The maximum atomic E-state index is 12.9. The minimum absolute atomic E-state index is 0.213. The number of nitrogens with one attached hydrogen (secondary N) is 2. The topological polar surface area (TPSA) is 39.7 Å². The van der Waals surface area contributed by atoms with Crippen molar-refractivity contribution in [2.45, 2.75) is 45.3 Å². The van der Waals surface area contributed by atoms with E-state index in [0.717, 1.165) is 30.7 Å². The number of likely N-dealkylation sites (N-methyl/N-ethyl adjacent to an activating group) is 1. The highest BCUT2D eigenvalue weighted by Crippen LogP contribution is 2.26. The van der Waals surface area contributed by atoms with Crippen LogP contribution in [0.15, 0.2) is 29.3 Å². The summed E-state index contributed by atoms with van der Waals surface area (Å²) in [6, 6.07) is 7.71. The van der Waals surface area contributed by atoms with Crippen LogP contribution >= 0.6 is 0 Å². The summed E-state index contributed by atoms with van der Waals surface area (Å²) in [5.41, 5.74) is 1.00. The van der Waals surface area contributed by atoms with Crippen LogP contribution in [0.4, 0.5) is 4.39 Å². The van der Waals surface area contributed by atoms with Crippen LogP contribution in [0.1, 0.15) is 32.3 Å². The number of guanidine groups is 1. The Labute approximate surface area is 132 Å². The fourth-order valence-corrected chi connectivity index (χ4v) is 2.33. The maximum Gasteiger partial charge on any atom is 0.191 e. The SMILES string of the molecule is CCNC(=NCc1ccc(F)cc1)NCC(C)N(C)C1CC1.